The zero-order valence-electron chi connectivity index (χ0n) is 18.9. The highest BCUT2D eigenvalue weighted by molar-refractivity contribution is 5.88. The summed E-state index contributed by atoms with van der Waals surface area (Å²) < 4.78 is 0. The van der Waals surface area contributed by atoms with Gasteiger partial charge in [0.25, 0.3) is 0 Å². The first-order valence-electron chi connectivity index (χ1n) is 10.5. The summed E-state index contributed by atoms with van der Waals surface area (Å²) in [5.74, 6) is 0.752. The van der Waals surface area contributed by atoms with E-state index in [0.717, 1.165) is 22.5 Å². The van der Waals surface area contributed by atoms with Gasteiger partial charge in [0.2, 0.25) is 0 Å². The topological polar surface area (TPSA) is 52.0 Å². The summed E-state index contributed by atoms with van der Waals surface area (Å²) >= 11 is 0. The summed E-state index contributed by atoms with van der Waals surface area (Å²) in [7, 11) is 0. The van der Waals surface area contributed by atoms with Crippen molar-refractivity contribution in [3.05, 3.63) is 70.3 Å². The number of rotatable bonds is 4. The number of nitrogen functional groups attached to an aromatic ring is 2. The normalized spacial score (nSPS) is 11.5. The van der Waals surface area contributed by atoms with Crippen LogP contribution in [0, 0.1) is 20.8 Å². The molecular weight excluding hydrogens is 352 g/mol. The van der Waals surface area contributed by atoms with Crippen molar-refractivity contribution in [2.24, 2.45) is 0 Å². The van der Waals surface area contributed by atoms with Crippen molar-refractivity contribution < 1.29 is 0 Å². The van der Waals surface area contributed by atoms with Gasteiger partial charge < -0.3 is 11.5 Å². The largest absolute Gasteiger partial charge is 0.398 e. The quantitative estimate of drug-likeness (QED) is 0.460. The Balaban J connectivity index is 2.34. The van der Waals surface area contributed by atoms with Gasteiger partial charge in [-0.3, -0.25) is 0 Å². The fourth-order valence-electron chi connectivity index (χ4n) is 4.22. The Hall–Kier alpha value is -2.74. The van der Waals surface area contributed by atoms with Gasteiger partial charge in [0, 0.05) is 11.4 Å². The van der Waals surface area contributed by atoms with Crippen LogP contribution in [0.25, 0.3) is 22.3 Å². The monoisotopic (exact) mass is 386 g/mol. The molecule has 4 N–H and O–H groups in total. The fourth-order valence-corrected chi connectivity index (χ4v) is 4.22. The third kappa shape index (κ3) is 3.89. The molecule has 3 aromatic carbocycles. The van der Waals surface area contributed by atoms with E-state index in [1.54, 1.807) is 0 Å². The van der Waals surface area contributed by atoms with Crippen molar-refractivity contribution in [1.29, 1.82) is 0 Å². The van der Waals surface area contributed by atoms with E-state index in [0.29, 0.717) is 11.8 Å². The highest BCUT2D eigenvalue weighted by atomic mass is 14.6. The van der Waals surface area contributed by atoms with E-state index in [-0.39, 0.29) is 0 Å². The van der Waals surface area contributed by atoms with Crippen LogP contribution in [0.1, 0.15) is 67.3 Å². The van der Waals surface area contributed by atoms with Gasteiger partial charge in [0.05, 0.1) is 0 Å². The molecule has 0 saturated heterocycles. The number of nitrogens with two attached hydrogens (primary N) is 2. The summed E-state index contributed by atoms with van der Waals surface area (Å²) in [6.45, 7) is 15.2. The molecule has 0 spiro atoms. The maximum absolute atomic E-state index is 6.56. The zero-order chi connectivity index (χ0) is 21.5. The number of anilines is 2. The minimum absolute atomic E-state index is 0.376. The van der Waals surface area contributed by atoms with Crippen LogP contribution in [-0.4, -0.2) is 0 Å². The Morgan fingerprint density at radius 2 is 1.14 bits per heavy atom. The lowest BCUT2D eigenvalue weighted by Gasteiger charge is -2.21. The number of hydrogen-bond acceptors (Lipinski definition) is 2. The molecule has 0 aromatic heterocycles. The molecule has 0 aliphatic carbocycles. The summed E-state index contributed by atoms with van der Waals surface area (Å²) in [5, 5.41) is 0. The molecule has 152 valence electrons. The van der Waals surface area contributed by atoms with Crippen molar-refractivity contribution in [2.75, 3.05) is 11.5 Å². The van der Waals surface area contributed by atoms with Gasteiger partial charge in [0.15, 0.2) is 0 Å². The summed E-state index contributed by atoms with van der Waals surface area (Å²) in [5.41, 5.74) is 25.5. The zero-order valence-corrected chi connectivity index (χ0v) is 18.9. The van der Waals surface area contributed by atoms with E-state index < -0.39 is 0 Å². The molecular formula is C27H34N2. The predicted octanol–water partition coefficient (Wildman–Crippen LogP) is 7.36. The Morgan fingerprint density at radius 3 is 1.62 bits per heavy atom. The maximum atomic E-state index is 6.56. The van der Waals surface area contributed by atoms with Gasteiger partial charge in [-0.05, 0) is 107 Å². The van der Waals surface area contributed by atoms with Gasteiger partial charge >= 0.3 is 0 Å². The van der Waals surface area contributed by atoms with E-state index in [9.17, 15) is 0 Å². The maximum Gasteiger partial charge on any atom is 0.0384 e. The Labute approximate surface area is 176 Å². The van der Waals surface area contributed by atoms with Gasteiger partial charge in [0.1, 0.15) is 0 Å². The summed E-state index contributed by atoms with van der Waals surface area (Å²) in [6, 6.07) is 15.5. The third-order valence-corrected chi connectivity index (χ3v) is 5.95. The van der Waals surface area contributed by atoms with E-state index in [2.05, 4.69) is 90.9 Å². The Morgan fingerprint density at radius 1 is 0.621 bits per heavy atom. The lowest BCUT2D eigenvalue weighted by atomic mass is 9.84. The van der Waals surface area contributed by atoms with Crippen LogP contribution >= 0.6 is 0 Å². The highest BCUT2D eigenvalue weighted by Crippen LogP contribution is 2.41. The van der Waals surface area contributed by atoms with Crippen LogP contribution in [0.2, 0.25) is 0 Å². The first kappa shape index (κ1) is 21.0. The molecule has 0 unspecified atom stereocenters. The van der Waals surface area contributed by atoms with Crippen molar-refractivity contribution >= 4 is 11.4 Å². The summed E-state index contributed by atoms with van der Waals surface area (Å²) in [4.78, 5) is 0. The van der Waals surface area contributed by atoms with E-state index in [1.165, 1.54) is 38.9 Å². The van der Waals surface area contributed by atoms with Crippen molar-refractivity contribution in [3.63, 3.8) is 0 Å². The molecule has 0 radical (unpaired) electrons. The van der Waals surface area contributed by atoms with Gasteiger partial charge in [-0.15, -0.1) is 0 Å². The average molecular weight is 387 g/mol. The van der Waals surface area contributed by atoms with Gasteiger partial charge in [-0.2, -0.15) is 0 Å². The minimum Gasteiger partial charge on any atom is -0.398 e. The molecule has 0 aliphatic heterocycles. The van der Waals surface area contributed by atoms with Crippen LogP contribution in [0.5, 0.6) is 0 Å². The molecule has 3 aromatic rings. The average Bonchev–Trinajstić information content (AvgIpc) is 2.65. The molecule has 0 aliphatic rings. The van der Waals surface area contributed by atoms with Crippen LogP contribution in [0.3, 0.4) is 0 Å². The van der Waals surface area contributed by atoms with Crippen LogP contribution in [0.4, 0.5) is 11.4 Å². The smallest absolute Gasteiger partial charge is 0.0384 e. The predicted molar refractivity (Wildman–Crippen MR) is 129 cm³/mol. The minimum atomic E-state index is 0.376. The first-order chi connectivity index (χ1) is 13.6. The standard InChI is InChI=1S/C27H34N2/c1-15(2)23-13-21(14-24(16(3)4)27(23)29)25-17(5)9-8-10-22(25)20-11-18(6)26(28)19(7)12-20/h8-16H,28-29H2,1-7H3. The van der Waals surface area contributed by atoms with Crippen molar-refractivity contribution in [2.45, 2.75) is 60.3 Å². The second-order valence-corrected chi connectivity index (χ2v) is 8.90. The Kier molecular flexibility index (Phi) is 5.75. The molecule has 0 saturated carbocycles. The van der Waals surface area contributed by atoms with Crippen LogP contribution < -0.4 is 11.5 Å². The molecule has 2 heteroatoms. The SMILES string of the molecule is Cc1cc(-c2cccc(C)c2-c2cc(C(C)C)c(N)c(C(C)C)c2)cc(C)c1N. The molecule has 0 atom stereocenters. The lowest BCUT2D eigenvalue weighted by Crippen LogP contribution is -2.04. The molecule has 29 heavy (non-hydrogen) atoms. The van der Waals surface area contributed by atoms with Gasteiger partial charge in [-0.25, -0.2) is 0 Å². The van der Waals surface area contributed by atoms with Crippen LogP contribution in [-0.2, 0) is 0 Å². The number of benzene rings is 3. The number of hydrogen-bond donors (Lipinski definition) is 2. The fraction of sp³-hybridized carbons (Fsp3) is 0.333. The first-order valence-corrected chi connectivity index (χ1v) is 10.5. The molecule has 2 nitrogen and oxygen atoms in total. The summed E-state index contributed by atoms with van der Waals surface area (Å²) in [6.07, 6.45) is 0. The van der Waals surface area contributed by atoms with E-state index >= 15 is 0 Å². The third-order valence-electron chi connectivity index (χ3n) is 5.95. The van der Waals surface area contributed by atoms with Crippen molar-refractivity contribution in [1.82, 2.24) is 0 Å². The molecule has 0 heterocycles. The molecule has 0 bridgehead atoms. The Bertz CT molecular complexity index is 1010. The van der Waals surface area contributed by atoms with Gasteiger partial charge in [-0.1, -0.05) is 45.9 Å². The number of aryl methyl sites for hydroxylation is 3. The van der Waals surface area contributed by atoms with E-state index in [4.69, 9.17) is 11.5 Å². The second kappa shape index (κ2) is 7.94. The second-order valence-electron chi connectivity index (χ2n) is 8.90. The molecule has 0 fully saturated rings. The molecule has 0 amide bonds. The van der Waals surface area contributed by atoms with Crippen molar-refractivity contribution in [3.8, 4) is 22.3 Å². The molecule has 3 rings (SSSR count). The highest BCUT2D eigenvalue weighted by Gasteiger charge is 2.18. The van der Waals surface area contributed by atoms with E-state index in [1.807, 2.05) is 0 Å². The van der Waals surface area contributed by atoms with Crippen LogP contribution in [0.15, 0.2) is 42.5 Å². The lowest BCUT2D eigenvalue weighted by molar-refractivity contribution is 0.840.